The number of rotatable bonds is 13. The van der Waals surface area contributed by atoms with Gasteiger partial charge in [0.05, 0.1) is 6.61 Å². The summed E-state index contributed by atoms with van der Waals surface area (Å²) >= 11 is 0. The van der Waals surface area contributed by atoms with E-state index in [4.69, 9.17) is 4.74 Å². The van der Waals surface area contributed by atoms with Crippen molar-refractivity contribution in [1.82, 2.24) is 4.90 Å². The van der Waals surface area contributed by atoms with Gasteiger partial charge in [-0.05, 0) is 31.2 Å². The molecule has 1 fully saturated rings. The number of hydrogen-bond donors (Lipinski definition) is 0. The Balaban J connectivity index is 1.80. The van der Waals surface area contributed by atoms with E-state index in [2.05, 4.69) is 25.7 Å². The van der Waals surface area contributed by atoms with E-state index in [9.17, 15) is 0 Å². The first-order valence-corrected chi connectivity index (χ1v) is 9.94. The van der Waals surface area contributed by atoms with Crippen LogP contribution in [0.4, 0.5) is 0 Å². The number of unbranched alkanes of at least 4 members (excludes halogenated alkanes) is 8. The highest BCUT2D eigenvalue weighted by atomic mass is 16.5. The standard InChI is InChI=1S/C20H41NO/c1-4-5-6-7-8-9-10-11-12-17-22-18-16-21-15-13-14-20(2,3)19-21/h4-19H2,1-3H3. The van der Waals surface area contributed by atoms with Crippen LogP contribution in [0.3, 0.4) is 0 Å². The number of hydrogen-bond acceptors (Lipinski definition) is 2. The molecule has 2 heteroatoms. The Labute approximate surface area is 140 Å². The minimum absolute atomic E-state index is 0.509. The third kappa shape index (κ3) is 10.6. The van der Waals surface area contributed by atoms with E-state index in [1.54, 1.807) is 0 Å². The molecule has 132 valence electrons. The van der Waals surface area contributed by atoms with Crippen LogP contribution in [0.5, 0.6) is 0 Å². The molecule has 22 heavy (non-hydrogen) atoms. The van der Waals surface area contributed by atoms with Crippen LogP contribution in [0, 0.1) is 5.41 Å². The van der Waals surface area contributed by atoms with Gasteiger partial charge in [-0.25, -0.2) is 0 Å². The minimum atomic E-state index is 0.509. The van der Waals surface area contributed by atoms with E-state index in [0.717, 1.165) is 19.8 Å². The fraction of sp³-hybridized carbons (Fsp3) is 1.00. The van der Waals surface area contributed by atoms with E-state index in [1.807, 2.05) is 0 Å². The van der Waals surface area contributed by atoms with Gasteiger partial charge in [0.1, 0.15) is 0 Å². The van der Waals surface area contributed by atoms with Crippen molar-refractivity contribution in [3.05, 3.63) is 0 Å². The maximum atomic E-state index is 5.82. The molecule has 2 nitrogen and oxygen atoms in total. The van der Waals surface area contributed by atoms with Crippen molar-refractivity contribution in [3.8, 4) is 0 Å². The molecule has 0 aromatic heterocycles. The van der Waals surface area contributed by atoms with Crippen LogP contribution in [0.1, 0.15) is 91.4 Å². The second kappa shape index (κ2) is 12.4. The first-order valence-electron chi connectivity index (χ1n) is 9.94. The minimum Gasteiger partial charge on any atom is -0.380 e. The van der Waals surface area contributed by atoms with Gasteiger partial charge in [-0.3, -0.25) is 0 Å². The second-order valence-electron chi connectivity index (χ2n) is 7.98. The zero-order valence-corrected chi connectivity index (χ0v) is 15.7. The van der Waals surface area contributed by atoms with Crippen molar-refractivity contribution in [1.29, 1.82) is 0 Å². The number of piperidine rings is 1. The molecule has 0 amide bonds. The first-order chi connectivity index (χ1) is 10.6. The third-order valence-corrected chi connectivity index (χ3v) is 4.92. The predicted octanol–water partition coefficient (Wildman–Crippen LogP) is 5.66. The lowest BCUT2D eigenvalue weighted by Gasteiger charge is -2.37. The first kappa shape index (κ1) is 20.0. The van der Waals surface area contributed by atoms with Gasteiger partial charge in [-0.1, -0.05) is 72.1 Å². The summed E-state index contributed by atoms with van der Waals surface area (Å²) in [6, 6.07) is 0. The highest BCUT2D eigenvalue weighted by Gasteiger charge is 2.25. The molecular weight excluding hydrogens is 270 g/mol. The van der Waals surface area contributed by atoms with Gasteiger partial charge in [0.2, 0.25) is 0 Å². The van der Waals surface area contributed by atoms with Gasteiger partial charge in [0, 0.05) is 19.7 Å². The smallest absolute Gasteiger partial charge is 0.0593 e. The number of ether oxygens (including phenoxy) is 1. The van der Waals surface area contributed by atoms with Gasteiger partial charge < -0.3 is 9.64 Å². The summed E-state index contributed by atoms with van der Waals surface area (Å²) in [5, 5.41) is 0. The lowest BCUT2D eigenvalue weighted by Crippen LogP contribution is -2.41. The Morgan fingerprint density at radius 1 is 0.864 bits per heavy atom. The fourth-order valence-electron chi connectivity index (χ4n) is 3.55. The van der Waals surface area contributed by atoms with Gasteiger partial charge >= 0.3 is 0 Å². The van der Waals surface area contributed by atoms with E-state index in [-0.39, 0.29) is 0 Å². The lowest BCUT2D eigenvalue weighted by atomic mass is 9.84. The van der Waals surface area contributed by atoms with Crippen molar-refractivity contribution in [2.75, 3.05) is 32.8 Å². The summed E-state index contributed by atoms with van der Waals surface area (Å²) in [7, 11) is 0. The maximum absolute atomic E-state index is 5.82. The van der Waals surface area contributed by atoms with Gasteiger partial charge in [0.25, 0.3) is 0 Å². The van der Waals surface area contributed by atoms with Crippen molar-refractivity contribution >= 4 is 0 Å². The zero-order chi connectivity index (χ0) is 16.1. The summed E-state index contributed by atoms with van der Waals surface area (Å²) < 4.78 is 5.82. The molecule has 0 atom stereocenters. The van der Waals surface area contributed by atoms with E-state index < -0.39 is 0 Å². The SMILES string of the molecule is CCCCCCCCCCCOCCN1CCCC(C)(C)C1. The highest BCUT2D eigenvalue weighted by molar-refractivity contribution is 4.79. The van der Waals surface area contributed by atoms with Gasteiger partial charge in [0.15, 0.2) is 0 Å². The Morgan fingerprint density at radius 2 is 1.50 bits per heavy atom. The van der Waals surface area contributed by atoms with Crippen molar-refractivity contribution in [2.45, 2.75) is 91.4 Å². The van der Waals surface area contributed by atoms with Crippen LogP contribution in [0.15, 0.2) is 0 Å². The molecule has 1 aliphatic rings. The van der Waals surface area contributed by atoms with Crippen LogP contribution >= 0.6 is 0 Å². The van der Waals surface area contributed by atoms with Crippen LogP contribution in [0.2, 0.25) is 0 Å². The summed E-state index contributed by atoms with van der Waals surface area (Å²) in [5.41, 5.74) is 0.509. The average molecular weight is 312 g/mol. The Hall–Kier alpha value is -0.0800. The molecule has 1 aliphatic heterocycles. The second-order valence-corrected chi connectivity index (χ2v) is 7.98. The van der Waals surface area contributed by atoms with Gasteiger partial charge in [-0.2, -0.15) is 0 Å². The zero-order valence-electron chi connectivity index (χ0n) is 15.7. The molecule has 0 aliphatic carbocycles. The molecule has 0 aromatic carbocycles. The summed E-state index contributed by atoms with van der Waals surface area (Å²) in [6.45, 7) is 12.6. The summed E-state index contributed by atoms with van der Waals surface area (Å²) in [4.78, 5) is 2.58. The van der Waals surface area contributed by atoms with Crippen LogP contribution in [-0.4, -0.2) is 37.7 Å². The number of nitrogens with zero attached hydrogens (tertiary/aromatic N) is 1. The van der Waals surface area contributed by atoms with E-state index >= 15 is 0 Å². The van der Waals surface area contributed by atoms with E-state index in [0.29, 0.717) is 5.41 Å². The van der Waals surface area contributed by atoms with Crippen LogP contribution < -0.4 is 0 Å². The topological polar surface area (TPSA) is 12.5 Å². The quantitative estimate of drug-likeness (QED) is 0.407. The third-order valence-electron chi connectivity index (χ3n) is 4.92. The molecule has 1 saturated heterocycles. The van der Waals surface area contributed by atoms with Crippen molar-refractivity contribution in [2.24, 2.45) is 5.41 Å². The Kier molecular flexibility index (Phi) is 11.2. The molecule has 0 bridgehead atoms. The Morgan fingerprint density at radius 3 is 2.14 bits per heavy atom. The van der Waals surface area contributed by atoms with Crippen molar-refractivity contribution < 1.29 is 4.74 Å². The monoisotopic (exact) mass is 311 g/mol. The largest absolute Gasteiger partial charge is 0.380 e. The van der Waals surface area contributed by atoms with Crippen molar-refractivity contribution in [3.63, 3.8) is 0 Å². The normalized spacial score (nSPS) is 18.7. The molecule has 0 unspecified atom stereocenters. The molecule has 0 N–H and O–H groups in total. The molecule has 0 spiro atoms. The van der Waals surface area contributed by atoms with Crippen LogP contribution in [-0.2, 0) is 4.74 Å². The molecule has 1 rings (SSSR count). The predicted molar refractivity (Wildman–Crippen MR) is 97.5 cm³/mol. The highest BCUT2D eigenvalue weighted by Crippen LogP contribution is 2.27. The van der Waals surface area contributed by atoms with Crippen LogP contribution in [0.25, 0.3) is 0 Å². The fourth-order valence-corrected chi connectivity index (χ4v) is 3.55. The molecule has 1 heterocycles. The molecule has 0 saturated carbocycles. The maximum Gasteiger partial charge on any atom is 0.0593 e. The molecular formula is C20H41NO. The van der Waals surface area contributed by atoms with Gasteiger partial charge in [-0.15, -0.1) is 0 Å². The Bertz CT molecular complexity index is 252. The van der Waals surface area contributed by atoms with E-state index in [1.165, 1.54) is 83.7 Å². The summed E-state index contributed by atoms with van der Waals surface area (Å²) in [6.07, 6.45) is 15.2. The summed E-state index contributed by atoms with van der Waals surface area (Å²) in [5.74, 6) is 0. The average Bonchev–Trinajstić information content (AvgIpc) is 2.47. The number of likely N-dealkylation sites (tertiary alicyclic amines) is 1. The molecule has 0 aromatic rings. The molecule has 0 radical (unpaired) electrons. The lowest BCUT2D eigenvalue weighted by molar-refractivity contribution is 0.0637.